The molecule has 0 amide bonds. The number of aryl methyl sites for hydroxylation is 2. The smallest absolute Gasteiger partial charge is 0.246 e. The van der Waals surface area contributed by atoms with Gasteiger partial charge in [0.15, 0.2) is 11.6 Å². The number of hydrogen-bond acceptors (Lipinski definition) is 7. The van der Waals surface area contributed by atoms with Gasteiger partial charge in [0.2, 0.25) is 10.0 Å². The first-order valence-electron chi connectivity index (χ1n) is 9.74. The average Bonchev–Trinajstić information content (AvgIpc) is 3.13. The molecule has 3 heterocycles. The molecule has 9 nitrogen and oxygen atoms in total. The van der Waals surface area contributed by atoms with E-state index in [2.05, 4.69) is 20.2 Å². The molecule has 164 valence electrons. The first kappa shape index (κ1) is 21.2. The van der Waals surface area contributed by atoms with Crippen LogP contribution in [0, 0.1) is 19.7 Å². The number of ether oxygens (including phenoxy) is 1. The number of halogens is 1. The van der Waals surface area contributed by atoms with Gasteiger partial charge in [-0.2, -0.15) is 9.40 Å². The van der Waals surface area contributed by atoms with Crippen LogP contribution in [0.1, 0.15) is 11.4 Å². The van der Waals surface area contributed by atoms with Crippen molar-refractivity contribution < 1.29 is 17.5 Å². The summed E-state index contributed by atoms with van der Waals surface area (Å²) in [5.41, 5.74) is 1.73. The summed E-state index contributed by atoms with van der Waals surface area (Å²) in [4.78, 5) is 10.2. The van der Waals surface area contributed by atoms with E-state index >= 15 is 4.39 Å². The van der Waals surface area contributed by atoms with Crippen LogP contribution in [0.25, 0.3) is 11.3 Å². The number of nitrogens with one attached hydrogen (secondary N) is 1. The van der Waals surface area contributed by atoms with Crippen LogP contribution in [0.4, 0.5) is 10.2 Å². The molecule has 1 saturated heterocycles. The Morgan fingerprint density at radius 1 is 1.06 bits per heavy atom. The second-order valence-electron chi connectivity index (χ2n) is 7.24. The van der Waals surface area contributed by atoms with Gasteiger partial charge in [-0.1, -0.05) is 0 Å². The first-order chi connectivity index (χ1) is 14.8. The number of H-pyrrole nitrogens is 1. The van der Waals surface area contributed by atoms with Crippen LogP contribution in [-0.2, 0) is 10.0 Å². The van der Waals surface area contributed by atoms with E-state index < -0.39 is 15.8 Å². The van der Waals surface area contributed by atoms with Crippen LogP contribution < -0.4 is 9.64 Å². The quantitative estimate of drug-likeness (QED) is 0.640. The minimum Gasteiger partial charge on any atom is -0.497 e. The molecule has 0 aliphatic carbocycles. The maximum atomic E-state index is 15.2. The zero-order valence-electron chi connectivity index (χ0n) is 17.5. The number of piperazine rings is 1. The summed E-state index contributed by atoms with van der Waals surface area (Å²) >= 11 is 0. The van der Waals surface area contributed by atoms with Crippen molar-refractivity contribution in [2.45, 2.75) is 18.7 Å². The number of hydrogen-bond donors (Lipinski definition) is 1. The highest BCUT2D eigenvalue weighted by molar-refractivity contribution is 7.89. The fourth-order valence-electron chi connectivity index (χ4n) is 3.72. The Balaban J connectivity index is 1.54. The molecular weight excluding hydrogens is 423 g/mol. The predicted octanol–water partition coefficient (Wildman–Crippen LogP) is 2.14. The van der Waals surface area contributed by atoms with Gasteiger partial charge in [0.25, 0.3) is 0 Å². The van der Waals surface area contributed by atoms with E-state index in [1.54, 1.807) is 50.1 Å². The van der Waals surface area contributed by atoms with E-state index in [1.165, 1.54) is 10.6 Å². The molecule has 2 aromatic heterocycles. The van der Waals surface area contributed by atoms with Crippen LogP contribution in [-0.4, -0.2) is 66.2 Å². The third kappa shape index (κ3) is 3.86. The van der Waals surface area contributed by atoms with Gasteiger partial charge in [-0.25, -0.2) is 22.8 Å². The van der Waals surface area contributed by atoms with Crippen LogP contribution in [0.5, 0.6) is 5.75 Å². The molecule has 11 heteroatoms. The molecule has 1 fully saturated rings. The monoisotopic (exact) mass is 446 g/mol. The van der Waals surface area contributed by atoms with E-state index in [4.69, 9.17) is 4.74 Å². The molecule has 1 aliphatic rings. The second kappa shape index (κ2) is 8.23. The zero-order valence-corrected chi connectivity index (χ0v) is 18.3. The van der Waals surface area contributed by atoms with Gasteiger partial charge in [-0.15, -0.1) is 0 Å². The Hall–Kier alpha value is -3.05. The molecule has 0 spiro atoms. The van der Waals surface area contributed by atoms with Crippen molar-refractivity contribution in [3.8, 4) is 17.0 Å². The van der Waals surface area contributed by atoms with Gasteiger partial charge in [-0.3, -0.25) is 5.10 Å². The summed E-state index contributed by atoms with van der Waals surface area (Å²) in [5.74, 6) is 0.290. The SMILES string of the molecule is COc1ccc(-c2ncnc(N3CCN(S(=O)(=O)c4c(C)n[nH]c4C)CC3)c2F)cc1. The van der Waals surface area contributed by atoms with Crippen LogP contribution >= 0.6 is 0 Å². The average molecular weight is 447 g/mol. The van der Waals surface area contributed by atoms with E-state index in [1.807, 2.05) is 0 Å². The topological polar surface area (TPSA) is 104 Å². The lowest BCUT2D eigenvalue weighted by molar-refractivity contribution is 0.381. The highest BCUT2D eigenvalue weighted by Crippen LogP contribution is 2.29. The standard InChI is InChI=1S/C20H23FN6O3S/c1-13-19(14(2)25-24-13)31(28,29)27-10-8-26(9-11-27)20-17(21)18(22-12-23-20)15-4-6-16(30-3)7-5-15/h4-7,12H,8-11H2,1-3H3,(H,24,25). The molecule has 1 aromatic carbocycles. The predicted molar refractivity (Wildman–Crippen MR) is 113 cm³/mol. The maximum absolute atomic E-state index is 15.2. The van der Waals surface area contributed by atoms with E-state index in [9.17, 15) is 8.42 Å². The Labute approximate surface area is 179 Å². The van der Waals surface area contributed by atoms with Crippen molar-refractivity contribution in [2.24, 2.45) is 0 Å². The molecule has 1 N–H and O–H groups in total. The molecule has 0 atom stereocenters. The molecule has 0 unspecified atom stereocenters. The van der Waals surface area contributed by atoms with Gasteiger partial charge in [-0.05, 0) is 38.1 Å². The number of sulfonamides is 1. The lowest BCUT2D eigenvalue weighted by atomic mass is 10.1. The van der Waals surface area contributed by atoms with Gasteiger partial charge < -0.3 is 9.64 Å². The van der Waals surface area contributed by atoms with Crippen molar-refractivity contribution >= 4 is 15.8 Å². The van der Waals surface area contributed by atoms with Gasteiger partial charge in [0.1, 0.15) is 22.7 Å². The zero-order chi connectivity index (χ0) is 22.2. The number of aromatic amines is 1. The summed E-state index contributed by atoms with van der Waals surface area (Å²) in [5, 5.41) is 6.70. The number of aromatic nitrogens is 4. The van der Waals surface area contributed by atoms with Crippen LogP contribution in [0.2, 0.25) is 0 Å². The van der Waals surface area contributed by atoms with E-state index in [-0.39, 0.29) is 29.5 Å². The molecule has 3 aromatic rings. The van der Waals surface area contributed by atoms with Gasteiger partial charge in [0.05, 0.1) is 18.5 Å². The van der Waals surface area contributed by atoms with Crippen molar-refractivity contribution in [1.29, 1.82) is 0 Å². The first-order valence-corrected chi connectivity index (χ1v) is 11.2. The Kier molecular flexibility index (Phi) is 5.63. The molecule has 4 rings (SSSR count). The van der Waals surface area contributed by atoms with Crippen LogP contribution in [0.3, 0.4) is 0 Å². The fourth-order valence-corrected chi connectivity index (χ4v) is 5.47. The summed E-state index contributed by atoms with van der Waals surface area (Å²) < 4.78 is 47.8. The fraction of sp³-hybridized carbons (Fsp3) is 0.350. The van der Waals surface area contributed by atoms with Crippen molar-refractivity contribution in [3.63, 3.8) is 0 Å². The third-order valence-electron chi connectivity index (χ3n) is 5.33. The minimum atomic E-state index is -3.68. The third-order valence-corrected chi connectivity index (χ3v) is 7.49. The Morgan fingerprint density at radius 2 is 1.74 bits per heavy atom. The molecule has 0 saturated carbocycles. The Bertz CT molecular complexity index is 1170. The summed E-state index contributed by atoms with van der Waals surface area (Å²) in [6.07, 6.45) is 1.32. The van der Waals surface area contributed by atoms with E-state index in [0.29, 0.717) is 35.8 Å². The lowest BCUT2D eigenvalue weighted by Gasteiger charge is -2.34. The molecule has 0 bridgehead atoms. The van der Waals surface area contributed by atoms with E-state index in [0.717, 1.165) is 0 Å². The van der Waals surface area contributed by atoms with Crippen molar-refractivity contribution in [3.05, 3.63) is 47.8 Å². The molecule has 1 aliphatic heterocycles. The number of nitrogens with zero attached hydrogens (tertiary/aromatic N) is 5. The molecule has 0 radical (unpaired) electrons. The summed E-state index contributed by atoms with van der Waals surface area (Å²) in [7, 11) is -2.12. The minimum absolute atomic E-state index is 0.161. The van der Waals surface area contributed by atoms with Crippen molar-refractivity contribution in [1.82, 2.24) is 24.5 Å². The molecule has 31 heavy (non-hydrogen) atoms. The molecular formula is C20H23FN6O3S. The Morgan fingerprint density at radius 3 is 2.32 bits per heavy atom. The van der Waals surface area contributed by atoms with Gasteiger partial charge >= 0.3 is 0 Å². The normalized spacial score (nSPS) is 15.3. The highest BCUT2D eigenvalue weighted by Gasteiger charge is 2.33. The van der Waals surface area contributed by atoms with Crippen LogP contribution in [0.15, 0.2) is 35.5 Å². The number of rotatable bonds is 5. The van der Waals surface area contributed by atoms with Gasteiger partial charge in [0, 0.05) is 31.7 Å². The highest BCUT2D eigenvalue weighted by atomic mass is 32.2. The summed E-state index contributed by atoms with van der Waals surface area (Å²) in [6, 6.07) is 6.93. The largest absolute Gasteiger partial charge is 0.497 e. The number of anilines is 1. The second-order valence-corrected chi connectivity index (χ2v) is 9.12. The number of methoxy groups -OCH3 is 1. The lowest BCUT2D eigenvalue weighted by Crippen LogP contribution is -2.49. The van der Waals surface area contributed by atoms with Crippen molar-refractivity contribution in [2.75, 3.05) is 38.2 Å². The maximum Gasteiger partial charge on any atom is 0.246 e. The summed E-state index contributed by atoms with van der Waals surface area (Å²) in [6.45, 7) is 4.39. The number of benzene rings is 1.